The highest BCUT2D eigenvalue weighted by atomic mass is 16.5. The molecule has 1 fully saturated rings. The Balaban J connectivity index is 1.65. The van der Waals surface area contributed by atoms with E-state index in [-0.39, 0.29) is 18.0 Å². The average Bonchev–Trinajstić information content (AvgIpc) is 2.89. The highest BCUT2D eigenvalue weighted by Crippen LogP contribution is 2.30. The van der Waals surface area contributed by atoms with Crippen LogP contribution in [0.5, 0.6) is 0 Å². The Kier molecular flexibility index (Phi) is 16.1. The molecule has 1 saturated carbocycles. The summed E-state index contributed by atoms with van der Waals surface area (Å²) >= 11 is 0. The number of rotatable bonds is 19. The summed E-state index contributed by atoms with van der Waals surface area (Å²) < 4.78 is 12.1. The van der Waals surface area contributed by atoms with Gasteiger partial charge in [0.15, 0.2) is 0 Å². The molecule has 1 aliphatic carbocycles. The molecule has 1 aromatic carbocycles. The van der Waals surface area contributed by atoms with Crippen LogP contribution >= 0.6 is 0 Å². The summed E-state index contributed by atoms with van der Waals surface area (Å²) in [6, 6.07) is 8.79. The van der Waals surface area contributed by atoms with Gasteiger partial charge in [-0.25, -0.2) is 0 Å². The van der Waals surface area contributed by atoms with Crippen molar-refractivity contribution < 1.29 is 14.3 Å². The lowest BCUT2D eigenvalue weighted by atomic mass is 9.87. The van der Waals surface area contributed by atoms with Gasteiger partial charge < -0.3 is 9.47 Å². The minimum atomic E-state index is -0.132. The molecule has 0 aliphatic heterocycles. The van der Waals surface area contributed by atoms with E-state index in [9.17, 15) is 4.79 Å². The van der Waals surface area contributed by atoms with Gasteiger partial charge >= 0.3 is 5.97 Å². The number of esters is 1. The molecule has 200 valence electrons. The second kappa shape index (κ2) is 18.9. The predicted octanol–water partition coefficient (Wildman–Crippen LogP) is 9.52. The van der Waals surface area contributed by atoms with E-state index in [1.54, 1.807) is 0 Å². The molecule has 35 heavy (non-hydrogen) atoms. The minimum absolute atomic E-state index is 0.0117. The van der Waals surface area contributed by atoms with Crippen LogP contribution in [0.3, 0.4) is 0 Å². The Bertz CT molecular complexity index is 645. The van der Waals surface area contributed by atoms with Gasteiger partial charge in [0.25, 0.3) is 0 Å². The Morgan fingerprint density at radius 1 is 0.771 bits per heavy atom. The van der Waals surface area contributed by atoms with Crippen molar-refractivity contribution in [1.82, 2.24) is 0 Å². The van der Waals surface area contributed by atoms with Crippen molar-refractivity contribution in [3.05, 3.63) is 35.4 Å². The third-order valence-electron chi connectivity index (χ3n) is 7.66. The number of benzene rings is 1. The van der Waals surface area contributed by atoms with Crippen LogP contribution < -0.4 is 0 Å². The molecule has 0 N–H and O–H groups in total. The zero-order valence-electron chi connectivity index (χ0n) is 23.2. The van der Waals surface area contributed by atoms with E-state index in [0.717, 1.165) is 50.7 Å². The first-order chi connectivity index (χ1) is 17.2. The highest BCUT2D eigenvalue weighted by Gasteiger charge is 2.29. The Hall–Kier alpha value is -1.35. The lowest BCUT2D eigenvalue weighted by Gasteiger charge is -2.28. The number of carbonyl (C=O) groups is 1. The molecule has 1 aromatic rings. The number of hydrogen-bond donors (Lipinski definition) is 0. The fourth-order valence-electron chi connectivity index (χ4n) is 5.23. The second-order valence-corrected chi connectivity index (χ2v) is 10.7. The smallest absolute Gasteiger partial charge is 0.309 e. The van der Waals surface area contributed by atoms with Crippen LogP contribution in [0.25, 0.3) is 0 Å². The topological polar surface area (TPSA) is 35.5 Å². The number of unbranched alkanes of at least 4 members (excludes halogenated alkanes) is 10. The molecular formula is C32H54O3. The number of aryl methyl sites for hydroxylation is 1. The number of hydrogen-bond acceptors (Lipinski definition) is 3. The maximum Gasteiger partial charge on any atom is 0.309 e. The van der Waals surface area contributed by atoms with Crippen LogP contribution in [0.4, 0.5) is 0 Å². The minimum Gasteiger partial charge on any atom is -0.457 e. The van der Waals surface area contributed by atoms with E-state index in [2.05, 4.69) is 45.0 Å². The van der Waals surface area contributed by atoms with Gasteiger partial charge in [-0.05, 0) is 62.5 Å². The predicted molar refractivity (Wildman–Crippen MR) is 148 cm³/mol. The largest absolute Gasteiger partial charge is 0.457 e. The molecule has 1 atom stereocenters. The van der Waals surface area contributed by atoms with Crippen LogP contribution in [0.1, 0.15) is 147 Å². The summed E-state index contributed by atoms with van der Waals surface area (Å²) in [4.78, 5) is 12.9. The summed E-state index contributed by atoms with van der Waals surface area (Å²) in [7, 11) is 0. The van der Waals surface area contributed by atoms with Gasteiger partial charge in [0.2, 0.25) is 0 Å². The monoisotopic (exact) mass is 486 g/mol. The molecule has 3 nitrogen and oxygen atoms in total. The first-order valence-corrected chi connectivity index (χ1v) is 15.1. The van der Waals surface area contributed by atoms with E-state index in [1.807, 2.05) is 0 Å². The molecule has 0 radical (unpaired) electrons. The first kappa shape index (κ1) is 29.9. The summed E-state index contributed by atoms with van der Waals surface area (Å²) in [5.41, 5.74) is 2.52. The van der Waals surface area contributed by atoms with Gasteiger partial charge in [0.05, 0.1) is 12.0 Å². The number of ether oxygens (including phenoxy) is 2. The standard InChI is InChI=1S/C32H54O3/c1-4-7-9-11-13-15-17-27-18-20-28(21-19-27)31(6-3)35-32(33)29-22-24-30(25-23-29)34-26-16-14-12-10-8-5-2/h18-21,29-31H,4-17,22-26H2,1-3H3. The van der Waals surface area contributed by atoms with Gasteiger partial charge in [-0.3, -0.25) is 4.79 Å². The maximum atomic E-state index is 12.9. The van der Waals surface area contributed by atoms with Crippen molar-refractivity contribution in [3.8, 4) is 0 Å². The molecule has 3 heteroatoms. The molecule has 0 saturated heterocycles. The third-order valence-corrected chi connectivity index (χ3v) is 7.66. The molecular weight excluding hydrogens is 432 g/mol. The quantitative estimate of drug-likeness (QED) is 0.144. The first-order valence-electron chi connectivity index (χ1n) is 15.1. The lowest BCUT2D eigenvalue weighted by molar-refractivity contribution is -0.156. The molecule has 1 aliphatic rings. The molecule has 1 unspecified atom stereocenters. The van der Waals surface area contributed by atoms with Crippen molar-refractivity contribution in [2.45, 2.75) is 149 Å². The van der Waals surface area contributed by atoms with E-state index in [0.29, 0.717) is 6.10 Å². The van der Waals surface area contributed by atoms with Crippen molar-refractivity contribution in [1.29, 1.82) is 0 Å². The molecule has 0 heterocycles. The SMILES string of the molecule is CCCCCCCCOC1CCC(C(=O)OC(CC)c2ccc(CCCCCCCC)cc2)CC1. The maximum absolute atomic E-state index is 12.9. The van der Waals surface area contributed by atoms with Crippen molar-refractivity contribution in [3.63, 3.8) is 0 Å². The van der Waals surface area contributed by atoms with Crippen LogP contribution in [0, 0.1) is 5.92 Å². The van der Waals surface area contributed by atoms with Crippen molar-refractivity contribution >= 4 is 5.97 Å². The molecule has 0 amide bonds. The van der Waals surface area contributed by atoms with Crippen molar-refractivity contribution in [2.24, 2.45) is 5.92 Å². The second-order valence-electron chi connectivity index (χ2n) is 10.7. The lowest BCUT2D eigenvalue weighted by Crippen LogP contribution is -2.28. The zero-order valence-corrected chi connectivity index (χ0v) is 23.2. The van der Waals surface area contributed by atoms with E-state index >= 15 is 0 Å². The number of carbonyl (C=O) groups excluding carboxylic acids is 1. The summed E-state index contributed by atoms with van der Waals surface area (Å²) in [6.45, 7) is 7.50. The Labute approximate surface area is 216 Å². The zero-order chi connectivity index (χ0) is 25.1. The van der Waals surface area contributed by atoms with Gasteiger partial charge in [0, 0.05) is 6.61 Å². The van der Waals surface area contributed by atoms with Gasteiger partial charge in [-0.1, -0.05) is 109 Å². The van der Waals surface area contributed by atoms with E-state index < -0.39 is 0 Å². The summed E-state index contributed by atoms with van der Waals surface area (Å²) in [6.07, 6.45) is 21.7. The Morgan fingerprint density at radius 2 is 1.34 bits per heavy atom. The van der Waals surface area contributed by atoms with Gasteiger partial charge in [0.1, 0.15) is 6.10 Å². The van der Waals surface area contributed by atoms with Crippen LogP contribution in [0.2, 0.25) is 0 Å². The highest BCUT2D eigenvalue weighted by molar-refractivity contribution is 5.72. The van der Waals surface area contributed by atoms with Crippen LogP contribution in [0.15, 0.2) is 24.3 Å². The van der Waals surface area contributed by atoms with Gasteiger partial charge in [-0.15, -0.1) is 0 Å². The van der Waals surface area contributed by atoms with Crippen molar-refractivity contribution in [2.75, 3.05) is 6.61 Å². The van der Waals surface area contributed by atoms with Crippen LogP contribution in [-0.2, 0) is 20.7 Å². The molecule has 0 aromatic heterocycles. The Morgan fingerprint density at radius 3 is 1.94 bits per heavy atom. The van der Waals surface area contributed by atoms with E-state index in [1.165, 1.54) is 82.6 Å². The normalized spacial score (nSPS) is 18.9. The molecule has 0 spiro atoms. The van der Waals surface area contributed by atoms with E-state index in [4.69, 9.17) is 9.47 Å². The molecule has 2 rings (SSSR count). The van der Waals surface area contributed by atoms with Crippen LogP contribution in [-0.4, -0.2) is 18.7 Å². The fourth-order valence-corrected chi connectivity index (χ4v) is 5.23. The fraction of sp³-hybridized carbons (Fsp3) is 0.781. The third kappa shape index (κ3) is 12.4. The molecule has 0 bridgehead atoms. The average molecular weight is 487 g/mol. The summed E-state index contributed by atoms with van der Waals surface area (Å²) in [5, 5.41) is 0. The van der Waals surface area contributed by atoms with Gasteiger partial charge in [-0.2, -0.15) is 0 Å². The summed E-state index contributed by atoms with van der Waals surface area (Å²) in [5.74, 6) is 0.0207.